The van der Waals surface area contributed by atoms with Crippen molar-refractivity contribution in [2.75, 3.05) is 26.2 Å². The monoisotopic (exact) mass is 359 g/mol. The maximum atomic E-state index is 12.6. The lowest BCUT2D eigenvalue weighted by molar-refractivity contribution is -0.141. The van der Waals surface area contributed by atoms with Crippen LogP contribution in [0.25, 0.3) is 0 Å². The highest BCUT2D eigenvalue weighted by atomic mass is 16.2. The number of amides is 3. The quantitative estimate of drug-likeness (QED) is 0.546. The number of allylic oxidation sites excluding steroid dienone is 2. The van der Waals surface area contributed by atoms with E-state index in [4.69, 9.17) is 0 Å². The predicted octanol–water partition coefficient (Wildman–Crippen LogP) is 0.936. The van der Waals surface area contributed by atoms with Crippen LogP contribution in [0.5, 0.6) is 0 Å². The van der Waals surface area contributed by atoms with E-state index < -0.39 is 0 Å². The summed E-state index contributed by atoms with van der Waals surface area (Å²) >= 11 is 0. The van der Waals surface area contributed by atoms with Crippen LogP contribution >= 0.6 is 0 Å². The summed E-state index contributed by atoms with van der Waals surface area (Å²) in [6.45, 7) is 4.88. The maximum absolute atomic E-state index is 12.6. The van der Waals surface area contributed by atoms with Gasteiger partial charge >= 0.3 is 0 Å². The number of piperidine rings is 1. The highest BCUT2D eigenvalue weighted by molar-refractivity contribution is 6.06. The molecule has 142 valence electrons. The second-order valence-electron chi connectivity index (χ2n) is 8.45. The molecular weight excluding hydrogens is 330 g/mol. The molecule has 2 bridgehead atoms. The van der Waals surface area contributed by atoms with Crippen LogP contribution in [0.1, 0.15) is 32.6 Å². The molecule has 26 heavy (non-hydrogen) atoms. The first-order chi connectivity index (χ1) is 12.6. The Labute approximate surface area is 154 Å². The molecule has 6 nitrogen and oxygen atoms in total. The topological polar surface area (TPSA) is 78.5 Å². The van der Waals surface area contributed by atoms with E-state index >= 15 is 0 Å². The highest BCUT2D eigenvalue weighted by Gasteiger charge is 2.58. The fourth-order valence-electron chi connectivity index (χ4n) is 5.44. The van der Waals surface area contributed by atoms with Crippen molar-refractivity contribution in [1.29, 1.82) is 0 Å². The lowest BCUT2D eigenvalue weighted by Crippen LogP contribution is -2.40. The SMILES string of the molecule is CC(CC(=O)NCCN1C(=O)C2C3C=CC(C3)C2C1=O)C1CCNCC1. The molecule has 0 aromatic rings. The van der Waals surface area contributed by atoms with Crippen LogP contribution in [-0.2, 0) is 14.4 Å². The molecule has 2 aliphatic heterocycles. The van der Waals surface area contributed by atoms with Gasteiger partial charge in [0.15, 0.2) is 0 Å². The number of hydrogen-bond donors (Lipinski definition) is 2. The van der Waals surface area contributed by atoms with Crippen LogP contribution in [0.3, 0.4) is 0 Å². The van der Waals surface area contributed by atoms with Gasteiger partial charge in [-0.05, 0) is 56.0 Å². The van der Waals surface area contributed by atoms with Crippen molar-refractivity contribution < 1.29 is 14.4 Å². The molecule has 4 rings (SSSR count). The van der Waals surface area contributed by atoms with E-state index in [0.717, 1.165) is 32.4 Å². The molecule has 2 saturated heterocycles. The van der Waals surface area contributed by atoms with Crippen molar-refractivity contribution in [2.24, 2.45) is 35.5 Å². The number of carbonyl (C=O) groups excluding carboxylic acids is 3. The van der Waals surface area contributed by atoms with E-state index in [-0.39, 0.29) is 41.4 Å². The Morgan fingerprint density at radius 2 is 1.81 bits per heavy atom. The Kier molecular flexibility index (Phi) is 4.86. The van der Waals surface area contributed by atoms with Crippen LogP contribution < -0.4 is 10.6 Å². The summed E-state index contributed by atoms with van der Waals surface area (Å²) in [5, 5.41) is 6.26. The predicted molar refractivity (Wildman–Crippen MR) is 96.8 cm³/mol. The largest absolute Gasteiger partial charge is 0.354 e. The number of nitrogens with zero attached hydrogens (tertiary/aromatic N) is 1. The van der Waals surface area contributed by atoms with Gasteiger partial charge in [-0.1, -0.05) is 19.1 Å². The lowest BCUT2D eigenvalue weighted by Gasteiger charge is -2.28. The van der Waals surface area contributed by atoms with E-state index in [1.165, 1.54) is 4.90 Å². The molecule has 0 spiro atoms. The summed E-state index contributed by atoms with van der Waals surface area (Å²) in [5.41, 5.74) is 0. The standard InChI is InChI=1S/C20H29N3O3/c1-12(13-4-6-21-7-5-13)10-16(24)22-8-9-23-19(25)17-14-2-3-15(11-14)18(17)20(23)26/h2-3,12-15,17-18,21H,4-11H2,1H3,(H,22,24). The Morgan fingerprint density at radius 3 is 2.42 bits per heavy atom. The van der Waals surface area contributed by atoms with E-state index in [1.54, 1.807) is 0 Å². The summed E-state index contributed by atoms with van der Waals surface area (Å²) in [7, 11) is 0. The van der Waals surface area contributed by atoms with Crippen molar-refractivity contribution in [1.82, 2.24) is 15.5 Å². The third kappa shape index (κ3) is 3.08. The van der Waals surface area contributed by atoms with E-state index in [2.05, 4.69) is 29.7 Å². The molecule has 3 fully saturated rings. The third-order valence-corrected chi connectivity index (χ3v) is 6.92. The Balaban J connectivity index is 1.23. The molecule has 3 amide bonds. The summed E-state index contributed by atoms with van der Waals surface area (Å²) in [4.78, 5) is 38.8. The number of carbonyl (C=O) groups is 3. The molecule has 6 heteroatoms. The number of fused-ring (bicyclic) bond motifs is 5. The summed E-state index contributed by atoms with van der Waals surface area (Å²) in [6.07, 6.45) is 7.93. The van der Waals surface area contributed by atoms with Gasteiger partial charge in [0.05, 0.1) is 11.8 Å². The van der Waals surface area contributed by atoms with Gasteiger partial charge in [0.2, 0.25) is 17.7 Å². The minimum atomic E-state index is -0.145. The fourth-order valence-corrected chi connectivity index (χ4v) is 5.44. The highest BCUT2D eigenvalue weighted by Crippen LogP contribution is 2.52. The van der Waals surface area contributed by atoms with Gasteiger partial charge in [-0.25, -0.2) is 0 Å². The van der Waals surface area contributed by atoms with Crippen molar-refractivity contribution in [3.63, 3.8) is 0 Å². The molecule has 0 aromatic carbocycles. The first kappa shape index (κ1) is 17.7. The average molecular weight is 359 g/mol. The molecular formula is C20H29N3O3. The number of hydrogen-bond acceptors (Lipinski definition) is 4. The van der Waals surface area contributed by atoms with E-state index in [9.17, 15) is 14.4 Å². The normalized spacial score (nSPS) is 34.4. The second kappa shape index (κ2) is 7.14. The molecule has 2 aliphatic carbocycles. The molecule has 0 aromatic heterocycles. The number of imide groups is 1. The minimum Gasteiger partial charge on any atom is -0.354 e. The lowest BCUT2D eigenvalue weighted by atomic mass is 9.84. The van der Waals surface area contributed by atoms with Crippen molar-refractivity contribution in [2.45, 2.75) is 32.6 Å². The van der Waals surface area contributed by atoms with Crippen molar-refractivity contribution in [3.05, 3.63) is 12.2 Å². The second-order valence-corrected chi connectivity index (χ2v) is 8.45. The maximum Gasteiger partial charge on any atom is 0.233 e. The minimum absolute atomic E-state index is 0.0251. The van der Waals surface area contributed by atoms with Crippen LogP contribution in [0.15, 0.2) is 12.2 Å². The Bertz CT molecular complexity index is 596. The van der Waals surface area contributed by atoms with Gasteiger partial charge in [-0.2, -0.15) is 0 Å². The van der Waals surface area contributed by atoms with Gasteiger partial charge in [0, 0.05) is 19.5 Å². The molecule has 2 N–H and O–H groups in total. The summed E-state index contributed by atoms with van der Waals surface area (Å²) < 4.78 is 0. The molecule has 1 saturated carbocycles. The van der Waals surface area contributed by atoms with Crippen LogP contribution in [0, 0.1) is 35.5 Å². The van der Waals surface area contributed by atoms with Gasteiger partial charge in [0.1, 0.15) is 0 Å². The van der Waals surface area contributed by atoms with Gasteiger partial charge in [0.25, 0.3) is 0 Å². The van der Waals surface area contributed by atoms with Crippen LogP contribution in [0.4, 0.5) is 0 Å². The first-order valence-electron chi connectivity index (χ1n) is 10.1. The van der Waals surface area contributed by atoms with E-state index in [1.807, 2.05) is 0 Å². The molecule has 4 aliphatic rings. The zero-order valence-corrected chi connectivity index (χ0v) is 15.4. The van der Waals surface area contributed by atoms with Crippen LogP contribution in [-0.4, -0.2) is 48.8 Å². The van der Waals surface area contributed by atoms with Crippen LogP contribution in [0.2, 0.25) is 0 Å². The van der Waals surface area contributed by atoms with E-state index in [0.29, 0.717) is 31.3 Å². The zero-order chi connectivity index (χ0) is 18.3. The zero-order valence-electron chi connectivity index (χ0n) is 15.4. The number of likely N-dealkylation sites (tertiary alicyclic amines) is 1. The third-order valence-electron chi connectivity index (χ3n) is 6.92. The Hall–Kier alpha value is -1.69. The van der Waals surface area contributed by atoms with Gasteiger partial charge in [-0.15, -0.1) is 0 Å². The van der Waals surface area contributed by atoms with Gasteiger partial charge in [-0.3, -0.25) is 19.3 Å². The smallest absolute Gasteiger partial charge is 0.233 e. The molecule has 5 atom stereocenters. The summed E-state index contributed by atoms with van der Waals surface area (Å²) in [5.74, 6) is 1.12. The average Bonchev–Trinajstić information content (AvgIpc) is 3.32. The molecule has 0 radical (unpaired) electrons. The van der Waals surface area contributed by atoms with Gasteiger partial charge < -0.3 is 10.6 Å². The fraction of sp³-hybridized carbons (Fsp3) is 0.750. The van der Waals surface area contributed by atoms with Crippen molar-refractivity contribution >= 4 is 17.7 Å². The molecule has 2 heterocycles. The van der Waals surface area contributed by atoms with Crippen molar-refractivity contribution in [3.8, 4) is 0 Å². The Morgan fingerprint density at radius 1 is 1.19 bits per heavy atom. The number of nitrogens with one attached hydrogen (secondary N) is 2. The summed E-state index contributed by atoms with van der Waals surface area (Å²) in [6, 6.07) is 0. The molecule has 5 unspecified atom stereocenters. The first-order valence-corrected chi connectivity index (χ1v) is 10.1. The number of rotatable bonds is 6.